The third kappa shape index (κ3) is 2.33. The molecule has 0 aliphatic rings. The van der Waals surface area contributed by atoms with Crippen LogP contribution in [-0.4, -0.2) is 30.4 Å². The quantitative estimate of drug-likeness (QED) is 0.906. The minimum absolute atomic E-state index is 0.0455. The molecule has 90 valence electrons. The van der Waals surface area contributed by atoms with Crippen LogP contribution in [0.15, 0.2) is 30.3 Å². The largest absolute Gasteiger partial charge is 0.337 e. The van der Waals surface area contributed by atoms with Gasteiger partial charge in [-0.05, 0) is 24.4 Å². The number of rotatable bonds is 3. The lowest BCUT2D eigenvalue weighted by Gasteiger charge is -2.22. The molecule has 0 bridgehead atoms. The van der Waals surface area contributed by atoms with Crippen LogP contribution in [0.1, 0.15) is 16.6 Å². The maximum absolute atomic E-state index is 12.2. The number of fused-ring (bicyclic) bond motifs is 1. The van der Waals surface area contributed by atoms with Crippen molar-refractivity contribution in [3.05, 3.63) is 35.2 Å². The van der Waals surface area contributed by atoms with Gasteiger partial charge in [0.2, 0.25) is 0 Å². The summed E-state index contributed by atoms with van der Waals surface area (Å²) < 4.78 is 1.14. The van der Waals surface area contributed by atoms with Crippen molar-refractivity contribution in [1.29, 1.82) is 0 Å². The number of nitrogens with zero attached hydrogens (tertiary/aromatic N) is 1. The van der Waals surface area contributed by atoms with E-state index in [9.17, 15) is 4.79 Å². The highest BCUT2D eigenvalue weighted by atomic mass is 32.1. The first-order valence-corrected chi connectivity index (χ1v) is 6.41. The molecule has 3 nitrogen and oxygen atoms in total. The van der Waals surface area contributed by atoms with E-state index in [4.69, 9.17) is 5.73 Å². The van der Waals surface area contributed by atoms with Crippen LogP contribution in [0, 0.1) is 0 Å². The summed E-state index contributed by atoms with van der Waals surface area (Å²) in [5.41, 5.74) is 5.57. The SMILES string of the molecule is CC(CN)N(C)C(=O)c1cc2ccccc2s1. The zero-order valence-corrected chi connectivity index (χ0v) is 10.8. The molecular weight excluding hydrogens is 232 g/mol. The lowest BCUT2D eigenvalue weighted by molar-refractivity contribution is 0.0753. The molecule has 4 heteroatoms. The molecule has 1 amide bonds. The fraction of sp³-hybridized carbons (Fsp3) is 0.308. The maximum Gasteiger partial charge on any atom is 0.263 e. The second kappa shape index (κ2) is 4.85. The highest BCUT2D eigenvalue weighted by Gasteiger charge is 2.18. The minimum atomic E-state index is 0.0455. The van der Waals surface area contributed by atoms with Crippen LogP contribution < -0.4 is 5.73 Å². The van der Waals surface area contributed by atoms with E-state index in [0.29, 0.717) is 6.54 Å². The summed E-state index contributed by atoms with van der Waals surface area (Å²) in [4.78, 5) is 14.7. The molecule has 0 saturated heterocycles. The van der Waals surface area contributed by atoms with Gasteiger partial charge in [-0.3, -0.25) is 4.79 Å². The second-order valence-corrected chi connectivity index (χ2v) is 5.23. The van der Waals surface area contributed by atoms with Crippen molar-refractivity contribution in [3.8, 4) is 0 Å². The smallest absolute Gasteiger partial charge is 0.263 e. The number of hydrogen-bond donors (Lipinski definition) is 1. The zero-order valence-electron chi connectivity index (χ0n) is 10.0. The number of carbonyl (C=O) groups excluding carboxylic acids is 1. The third-order valence-electron chi connectivity index (χ3n) is 2.96. The van der Waals surface area contributed by atoms with E-state index in [2.05, 4.69) is 0 Å². The molecular formula is C13H16N2OS. The van der Waals surface area contributed by atoms with Crippen LogP contribution in [0.3, 0.4) is 0 Å². The molecule has 0 aliphatic heterocycles. The summed E-state index contributed by atoms with van der Waals surface area (Å²) in [5, 5.41) is 1.12. The summed E-state index contributed by atoms with van der Waals surface area (Å²) in [5.74, 6) is 0.0455. The summed E-state index contributed by atoms with van der Waals surface area (Å²) in [6.45, 7) is 2.43. The van der Waals surface area contributed by atoms with Gasteiger partial charge in [0.25, 0.3) is 5.91 Å². The second-order valence-electron chi connectivity index (χ2n) is 4.15. The molecule has 17 heavy (non-hydrogen) atoms. The molecule has 1 aromatic carbocycles. The maximum atomic E-state index is 12.2. The van der Waals surface area contributed by atoms with Crippen molar-refractivity contribution < 1.29 is 4.79 Å². The van der Waals surface area contributed by atoms with Crippen LogP contribution in [0.5, 0.6) is 0 Å². The van der Waals surface area contributed by atoms with Gasteiger partial charge >= 0.3 is 0 Å². The molecule has 0 saturated carbocycles. The predicted molar refractivity (Wildman–Crippen MR) is 72.4 cm³/mol. The fourth-order valence-electron chi connectivity index (χ4n) is 1.62. The average molecular weight is 248 g/mol. The number of thiophene rings is 1. The van der Waals surface area contributed by atoms with Gasteiger partial charge in [0, 0.05) is 24.3 Å². The zero-order chi connectivity index (χ0) is 12.4. The van der Waals surface area contributed by atoms with Gasteiger partial charge in [0.15, 0.2) is 0 Å². The molecule has 0 fully saturated rings. The highest BCUT2D eigenvalue weighted by molar-refractivity contribution is 7.20. The highest BCUT2D eigenvalue weighted by Crippen LogP contribution is 2.26. The van der Waals surface area contributed by atoms with Crippen LogP contribution in [0.4, 0.5) is 0 Å². The standard InChI is InChI=1S/C13H16N2OS/c1-9(8-14)15(2)13(16)12-7-10-5-3-4-6-11(10)17-12/h3-7,9H,8,14H2,1-2H3. The normalized spacial score (nSPS) is 12.6. The molecule has 2 aromatic rings. The van der Waals surface area contributed by atoms with E-state index >= 15 is 0 Å². The van der Waals surface area contributed by atoms with Crippen LogP contribution in [0.2, 0.25) is 0 Å². The fourth-order valence-corrected chi connectivity index (χ4v) is 2.66. The number of nitrogens with two attached hydrogens (primary N) is 1. The summed E-state index contributed by atoms with van der Waals surface area (Å²) in [7, 11) is 1.80. The van der Waals surface area contributed by atoms with E-state index in [1.54, 1.807) is 11.9 Å². The van der Waals surface area contributed by atoms with E-state index < -0.39 is 0 Å². The van der Waals surface area contributed by atoms with Gasteiger partial charge in [-0.1, -0.05) is 18.2 Å². The van der Waals surface area contributed by atoms with Crippen molar-refractivity contribution >= 4 is 27.3 Å². The Kier molecular flexibility index (Phi) is 3.45. The summed E-state index contributed by atoms with van der Waals surface area (Å²) in [6.07, 6.45) is 0. The Morgan fingerprint density at radius 2 is 2.18 bits per heavy atom. The monoisotopic (exact) mass is 248 g/mol. The minimum Gasteiger partial charge on any atom is -0.337 e. The van der Waals surface area contributed by atoms with Gasteiger partial charge in [-0.25, -0.2) is 0 Å². The van der Waals surface area contributed by atoms with E-state index in [-0.39, 0.29) is 11.9 Å². The number of carbonyl (C=O) groups is 1. The molecule has 0 aliphatic carbocycles. The van der Waals surface area contributed by atoms with Gasteiger partial charge < -0.3 is 10.6 Å². The lowest BCUT2D eigenvalue weighted by Crippen LogP contribution is -2.39. The number of likely N-dealkylation sites (N-methyl/N-ethyl adjacent to an activating group) is 1. The van der Waals surface area contributed by atoms with Crippen LogP contribution in [0.25, 0.3) is 10.1 Å². The van der Waals surface area contributed by atoms with Crippen molar-refractivity contribution in [2.75, 3.05) is 13.6 Å². The first-order chi connectivity index (χ1) is 8.13. The topological polar surface area (TPSA) is 46.3 Å². The Morgan fingerprint density at radius 3 is 2.82 bits per heavy atom. The summed E-state index contributed by atoms with van der Waals surface area (Å²) in [6, 6.07) is 10.0. The van der Waals surface area contributed by atoms with Gasteiger partial charge in [0.1, 0.15) is 0 Å². The number of benzene rings is 1. The van der Waals surface area contributed by atoms with Crippen molar-refractivity contribution in [1.82, 2.24) is 4.90 Å². The summed E-state index contributed by atoms with van der Waals surface area (Å²) >= 11 is 1.53. The molecule has 1 heterocycles. The first kappa shape index (κ1) is 12.1. The molecule has 2 rings (SSSR count). The van der Waals surface area contributed by atoms with Gasteiger partial charge in [0.05, 0.1) is 4.88 Å². The van der Waals surface area contributed by atoms with Crippen molar-refractivity contribution in [2.24, 2.45) is 5.73 Å². The Balaban J connectivity index is 2.30. The van der Waals surface area contributed by atoms with Crippen LogP contribution in [-0.2, 0) is 0 Å². The van der Waals surface area contributed by atoms with Crippen LogP contribution >= 0.6 is 11.3 Å². The van der Waals surface area contributed by atoms with E-state index in [1.807, 2.05) is 37.3 Å². The number of amides is 1. The van der Waals surface area contributed by atoms with Crippen molar-refractivity contribution in [3.63, 3.8) is 0 Å². The average Bonchev–Trinajstić information content (AvgIpc) is 2.79. The first-order valence-electron chi connectivity index (χ1n) is 5.59. The van der Waals surface area contributed by atoms with E-state index in [0.717, 1.165) is 15.0 Å². The number of hydrogen-bond acceptors (Lipinski definition) is 3. The molecule has 0 spiro atoms. The third-order valence-corrected chi connectivity index (χ3v) is 4.06. The Morgan fingerprint density at radius 1 is 1.47 bits per heavy atom. The van der Waals surface area contributed by atoms with Gasteiger partial charge in [-0.15, -0.1) is 11.3 Å². The lowest BCUT2D eigenvalue weighted by atomic mass is 10.2. The Hall–Kier alpha value is -1.39. The van der Waals surface area contributed by atoms with Gasteiger partial charge in [-0.2, -0.15) is 0 Å². The molecule has 1 aromatic heterocycles. The molecule has 0 radical (unpaired) electrons. The molecule has 1 unspecified atom stereocenters. The Labute approximate surface area is 105 Å². The van der Waals surface area contributed by atoms with E-state index in [1.165, 1.54) is 11.3 Å². The Bertz CT molecular complexity index is 502. The predicted octanol–water partition coefficient (Wildman–Crippen LogP) is 2.32. The molecule has 2 N–H and O–H groups in total. The molecule has 1 atom stereocenters. The van der Waals surface area contributed by atoms with Crippen molar-refractivity contribution in [2.45, 2.75) is 13.0 Å².